The van der Waals surface area contributed by atoms with Crippen LogP contribution < -0.4 is 4.74 Å². The van der Waals surface area contributed by atoms with Gasteiger partial charge in [0.15, 0.2) is 0 Å². The zero-order valence-corrected chi connectivity index (χ0v) is 9.63. The molecule has 84 valence electrons. The first-order chi connectivity index (χ1) is 8.29. The smallest absolute Gasteiger partial charge is 0.209 e. The number of rotatable bonds is 3. The molecule has 2 rings (SSSR count). The minimum Gasteiger partial charge on any atom is -0.471 e. The number of hydrogen-bond donors (Lipinski definition) is 0. The van der Waals surface area contributed by atoms with Gasteiger partial charge in [0, 0.05) is 5.56 Å². The summed E-state index contributed by atoms with van der Waals surface area (Å²) in [7, 11) is 0. The maximum absolute atomic E-state index is 9.12. The molecule has 0 aliphatic rings. The van der Waals surface area contributed by atoms with E-state index in [1.807, 2.05) is 61.5 Å². The Labute approximate surface area is 101 Å². The van der Waals surface area contributed by atoms with Crippen LogP contribution in [0.25, 0.3) is 0 Å². The van der Waals surface area contributed by atoms with E-state index in [1.165, 1.54) is 5.56 Å². The summed E-state index contributed by atoms with van der Waals surface area (Å²) < 4.78 is 5.64. The van der Waals surface area contributed by atoms with Gasteiger partial charge in [0.1, 0.15) is 11.8 Å². The van der Waals surface area contributed by atoms with Crippen molar-refractivity contribution in [3.8, 4) is 11.8 Å². The normalized spacial score (nSPS) is 11.5. The summed E-state index contributed by atoms with van der Waals surface area (Å²) in [6.45, 7) is 2.02. The topological polar surface area (TPSA) is 33.0 Å². The quantitative estimate of drug-likeness (QED) is 0.795. The van der Waals surface area contributed by atoms with Crippen molar-refractivity contribution < 1.29 is 4.74 Å². The fourth-order valence-corrected chi connectivity index (χ4v) is 1.55. The maximum atomic E-state index is 9.12. The Kier molecular flexibility index (Phi) is 3.42. The van der Waals surface area contributed by atoms with Gasteiger partial charge in [0.05, 0.1) is 0 Å². The van der Waals surface area contributed by atoms with Gasteiger partial charge in [0.2, 0.25) is 6.10 Å². The first kappa shape index (κ1) is 11.2. The second-order valence-corrected chi connectivity index (χ2v) is 3.85. The second kappa shape index (κ2) is 5.18. The molecule has 0 heterocycles. The molecule has 2 aromatic carbocycles. The number of nitrogens with zero attached hydrogens (tertiary/aromatic N) is 1. The molecule has 0 spiro atoms. The van der Waals surface area contributed by atoms with Crippen LogP contribution in [0.4, 0.5) is 0 Å². The SMILES string of the molecule is Cc1ccc(O[C@@H](C#N)c2ccccc2)cc1. The summed E-state index contributed by atoms with van der Waals surface area (Å²) in [5.74, 6) is 0.714. The lowest BCUT2D eigenvalue weighted by Crippen LogP contribution is -2.04. The Morgan fingerprint density at radius 3 is 2.24 bits per heavy atom. The first-order valence-electron chi connectivity index (χ1n) is 5.47. The maximum Gasteiger partial charge on any atom is 0.209 e. The van der Waals surface area contributed by atoms with Gasteiger partial charge >= 0.3 is 0 Å². The molecule has 0 aliphatic carbocycles. The van der Waals surface area contributed by atoms with Crippen LogP contribution in [0.2, 0.25) is 0 Å². The van der Waals surface area contributed by atoms with E-state index in [0.29, 0.717) is 5.75 Å². The van der Waals surface area contributed by atoms with E-state index in [4.69, 9.17) is 10.00 Å². The molecule has 0 saturated heterocycles. The van der Waals surface area contributed by atoms with Crippen LogP contribution in [0.15, 0.2) is 54.6 Å². The van der Waals surface area contributed by atoms with E-state index in [9.17, 15) is 0 Å². The molecule has 0 saturated carbocycles. The highest BCUT2D eigenvalue weighted by atomic mass is 16.5. The number of aryl methyl sites for hydroxylation is 1. The van der Waals surface area contributed by atoms with E-state index in [0.717, 1.165) is 5.56 Å². The molecule has 2 heteroatoms. The van der Waals surface area contributed by atoms with Crippen molar-refractivity contribution in [2.75, 3.05) is 0 Å². The predicted molar refractivity (Wildman–Crippen MR) is 66.6 cm³/mol. The molecular formula is C15H13NO. The van der Waals surface area contributed by atoms with Gasteiger partial charge in [-0.1, -0.05) is 48.0 Å². The number of nitriles is 1. The molecule has 0 fully saturated rings. The van der Waals surface area contributed by atoms with Crippen molar-refractivity contribution in [3.63, 3.8) is 0 Å². The Bertz CT molecular complexity index is 511. The number of benzene rings is 2. The van der Waals surface area contributed by atoms with Crippen LogP contribution in [-0.4, -0.2) is 0 Å². The first-order valence-corrected chi connectivity index (χ1v) is 5.47. The molecular weight excluding hydrogens is 210 g/mol. The summed E-state index contributed by atoms with van der Waals surface area (Å²) in [5, 5.41) is 9.12. The zero-order chi connectivity index (χ0) is 12.1. The summed E-state index contributed by atoms with van der Waals surface area (Å²) in [5.41, 5.74) is 2.04. The van der Waals surface area contributed by atoms with E-state index in [-0.39, 0.29) is 0 Å². The molecule has 0 aliphatic heterocycles. The third kappa shape index (κ3) is 2.85. The molecule has 0 unspecified atom stereocenters. The average molecular weight is 223 g/mol. The average Bonchev–Trinajstić information content (AvgIpc) is 2.39. The van der Waals surface area contributed by atoms with Crippen molar-refractivity contribution in [2.24, 2.45) is 0 Å². The molecule has 0 N–H and O–H groups in total. The summed E-state index contributed by atoms with van der Waals surface area (Å²) in [6.07, 6.45) is -0.557. The largest absolute Gasteiger partial charge is 0.471 e. The number of ether oxygens (including phenoxy) is 1. The van der Waals surface area contributed by atoms with Crippen molar-refractivity contribution in [2.45, 2.75) is 13.0 Å². The van der Waals surface area contributed by atoms with E-state index >= 15 is 0 Å². The summed E-state index contributed by atoms with van der Waals surface area (Å²) >= 11 is 0. The van der Waals surface area contributed by atoms with Crippen molar-refractivity contribution >= 4 is 0 Å². The standard InChI is InChI=1S/C15H13NO/c1-12-7-9-14(10-8-12)17-15(11-16)13-5-3-2-4-6-13/h2-10,15H,1H3/t15-/m0/s1. The molecule has 0 aromatic heterocycles. The van der Waals surface area contributed by atoms with Crippen molar-refractivity contribution in [3.05, 3.63) is 65.7 Å². The summed E-state index contributed by atoms with van der Waals surface area (Å²) in [4.78, 5) is 0. The van der Waals surface area contributed by atoms with Crippen LogP contribution in [0.5, 0.6) is 5.75 Å². The third-order valence-electron chi connectivity index (χ3n) is 2.49. The lowest BCUT2D eigenvalue weighted by molar-refractivity contribution is 0.262. The minimum absolute atomic E-state index is 0.557. The highest BCUT2D eigenvalue weighted by molar-refractivity contribution is 5.29. The second-order valence-electron chi connectivity index (χ2n) is 3.85. The van der Waals surface area contributed by atoms with E-state index < -0.39 is 6.10 Å². The van der Waals surface area contributed by atoms with Gasteiger partial charge < -0.3 is 4.74 Å². The minimum atomic E-state index is -0.557. The van der Waals surface area contributed by atoms with Crippen LogP contribution in [-0.2, 0) is 0 Å². The van der Waals surface area contributed by atoms with Crippen LogP contribution >= 0.6 is 0 Å². The van der Waals surface area contributed by atoms with Gasteiger partial charge in [-0.3, -0.25) is 0 Å². The molecule has 2 aromatic rings. The molecule has 0 amide bonds. The Balaban J connectivity index is 2.17. The molecule has 0 bridgehead atoms. The van der Waals surface area contributed by atoms with Crippen LogP contribution in [0, 0.1) is 18.3 Å². The van der Waals surface area contributed by atoms with Crippen LogP contribution in [0.3, 0.4) is 0 Å². The zero-order valence-electron chi connectivity index (χ0n) is 9.63. The summed E-state index contributed by atoms with van der Waals surface area (Å²) in [6, 6.07) is 19.4. The lowest BCUT2D eigenvalue weighted by Gasteiger charge is -2.12. The van der Waals surface area contributed by atoms with Gasteiger partial charge in [-0.25, -0.2) is 0 Å². The van der Waals surface area contributed by atoms with Gasteiger partial charge in [0.25, 0.3) is 0 Å². The molecule has 17 heavy (non-hydrogen) atoms. The molecule has 0 radical (unpaired) electrons. The molecule has 2 nitrogen and oxygen atoms in total. The van der Waals surface area contributed by atoms with Crippen molar-refractivity contribution in [1.82, 2.24) is 0 Å². The highest BCUT2D eigenvalue weighted by Gasteiger charge is 2.11. The monoisotopic (exact) mass is 223 g/mol. The van der Waals surface area contributed by atoms with Gasteiger partial charge in [-0.05, 0) is 19.1 Å². The Morgan fingerprint density at radius 1 is 1.00 bits per heavy atom. The van der Waals surface area contributed by atoms with Gasteiger partial charge in [-0.2, -0.15) is 5.26 Å². The Hall–Kier alpha value is -2.27. The van der Waals surface area contributed by atoms with E-state index in [2.05, 4.69) is 6.07 Å². The van der Waals surface area contributed by atoms with Crippen molar-refractivity contribution in [1.29, 1.82) is 5.26 Å². The fraction of sp³-hybridized carbons (Fsp3) is 0.133. The highest BCUT2D eigenvalue weighted by Crippen LogP contribution is 2.21. The number of hydrogen-bond acceptors (Lipinski definition) is 2. The predicted octanol–water partition coefficient (Wildman–Crippen LogP) is 3.64. The Morgan fingerprint density at radius 2 is 1.65 bits per heavy atom. The lowest BCUT2D eigenvalue weighted by atomic mass is 10.1. The van der Waals surface area contributed by atoms with Crippen LogP contribution in [0.1, 0.15) is 17.2 Å². The fourth-order valence-electron chi connectivity index (χ4n) is 1.55. The molecule has 1 atom stereocenters. The van der Waals surface area contributed by atoms with E-state index in [1.54, 1.807) is 0 Å². The third-order valence-corrected chi connectivity index (χ3v) is 2.49. The van der Waals surface area contributed by atoms with Gasteiger partial charge in [-0.15, -0.1) is 0 Å².